The minimum Gasteiger partial charge on any atom is -0.383 e. The number of methoxy groups -OCH3 is 1. The summed E-state index contributed by atoms with van der Waals surface area (Å²) >= 11 is 0. The molecule has 0 atom stereocenters. The number of carbonyl (C=O) groups is 1. The molecule has 0 aromatic carbocycles. The van der Waals surface area contributed by atoms with Crippen molar-refractivity contribution in [1.29, 1.82) is 0 Å². The third-order valence-electron chi connectivity index (χ3n) is 4.73. The molecule has 0 unspecified atom stereocenters. The van der Waals surface area contributed by atoms with Gasteiger partial charge in [0.15, 0.2) is 0 Å². The highest BCUT2D eigenvalue weighted by atomic mass is 16.5. The number of rotatable bonds is 5. The van der Waals surface area contributed by atoms with Crippen LogP contribution in [0.15, 0.2) is 0 Å². The lowest BCUT2D eigenvalue weighted by Crippen LogP contribution is -2.58. The topological polar surface area (TPSA) is 67.6 Å². The summed E-state index contributed by atoms with van der Waals surface area (Å²) in [5, 5.41) is 3.18. The van der Waals surface area contributed by atoms with Crippen LogP contribution >= 0.6 is 0 Å². The number of hydrogen-bond donors (Lipinski definition) is 2. The zero-order chi connectivity index (χ0) is 14.4. The molecule has 5 heteroatoms. The maximum Gasteiger partial charge on any atom is 0.240 e. The highest BCUT2D eigenvalue weighted by Crippen LogP contribution is 2.26. The van der Waals surface area contributed by atoms with Crippen molar-refractivity contribution in [2.24, 2.45) is 5.73 Å². The van der Waals surface area contributed by atoms with Crippen LogP contribution in [0.2, 0.25) is 0 Å². The van der Waals surface area contributed by atoms with Crippen LogP contribution in [0.25, 0.3) is 0 Å². The number of carbonyl (C=O) groups excluding carboxylic acids is 1. The fourth-order valence-electron chi connectivity index (χ4n) is 3.26. The number of piperidine rings is 1. The molecule has 1 aliphatic carbocycles. The molecule has 1 saturated heterocycles. The summed E-state index contributed by atoms with van der Waals surface area (Å²) in [6.45, 7) is 3.83. The van der Waals surface area contributed by atoms with Gasteiger partial charge in [-0.15, -0.1) is 0 Å². The molecule has 1 saturated carbocycles. The number of amides is 1. The monoisotopic (exact) mass is 283 g/mol. The van der Waals surface area contributed by atoms with Crippen molar-refractivity contribution < 1.29 is 9.53 Å². The first-order valence-corrected chi connectivity index (χ1v) is 7.95. The van der Waals surface area contributed by atoms with Crippen LogP contribution in [0.1, 0.15) is 44.9 Å². The van der Waals surface area contributed by atoms with Crippen LogP contribution in [0.5, 0.6) is 0 Å². The lowest BCUT2D eigenvalue weighted by Gasteiger charge is -2.36. The maximum absolute atomic E-state index is 12.4. The summed E-state index contributed by atoms with van der Waals surface area (Å²) in [7, 11) is 1.73. The molecular weight excluding hydrogens is 254 g/mol. The lowest BCUT2D eigenvalue weighted by molar-refractivity contribution is -0.128. The number of likely N-dealkylation sites (tertiary alicyclic amines) is 1. The Morgan fingerprint density at radius 2 is 1.95 bits per heavy atom. The van der Waals surface area contributed by atoms with Crippen molar-refractivity contribution in [1.82, 2.24) is 10.2 Å². The highest BCUT2D eigenvalue weighted by molar-refractivity contribution is 5.86. The third kappa shape index (κ3) is 4.17. The van der Waals surface area contributed by atoms with E-state index in [4.69, 9.17) is 10.5 Å². The van der Waals surface area contributed by atoms with Gasteiger partial charge < -0.3 is 20.7 Å². The van der Waals surface area contributed by atoms with Gasteiger partial charge >= 0.3 is 0 Å². The van der Waals surface area contributed by atoms with Crippen LogP contribution in [-0.2, 0) is 9.53 Å². The Balaban J connectivity index is 1.73. The zero-order valence-electron chi connectivity index (χ0n) is 12.7. The summed E-state index contributed by atoms with van der Waals surface area (Å²) in [6.07, 6.45) is 7.09. The molecule has 20 heavy (non-hydrogen) atoms. The molecular formula is C15H29N3O2. The van der Waals surface area contributed by atoms with Crippen molar-refractivity contribution in [3.8, 4) is 0 Å². The van der Waals surface area contributed by atoms with E-state index >= 15 is 0 Å². The molecule has 2 rings (SSSR count). The minimum absolute atomic E-state index is 0.0764. The first-order chi connectivity index (χ1) is 9.64. The molecule has 1 aliphatic heterocycles. The summed E-state index contributed by atoms with van der Waals surface area (Å²) in [5.74, 6) is 0.0764. The summed E-state index contributed by atoms with van der Waals surface area (Å²) in [6, 6.07) is 0.295. The van der Waals surface area contributed by atoms with Gasteiger partial charge in [0, 0.05) is 32.8 Å². The fourth-order valence-corrected chi connectivity index (χ4v) is 3.26. The Hall–Kier alpha value is -0.650. The van der Waals surface area contributed by atoms with E-state index in [9.17, 15) is 4.79 Å². The Kier molecular flexibility index (Phi) is 5.81. The Bertz CT molecular complexity index is 308. The van der Waals surface area contributed by atoms with Gasteiger partial charge in [-0.2, -0.15) is 0 Å². The molecule has 3 N–H and O–H groups in total. The predicted octanol–water partition coefficient (Wildman–Crippen LogP) is 0.875. The second-order valence-electron chi connectivity index (χ2n) is 6.30. The Morgan fingerprint density at radius 3 is 2.55 bits per heavy atom. The highest BCUT2D eigenvalue weighted by Gasteiger charge is 2.36. The van der Waals surface area contributed by atoms with E-state index < -0.39 is 5.54 Å². The summed E-state index contributed by atoms with van der Waals surface area (Å²) in [5.41, 5.74) is 5.67. The minimum atomic E-state index is -0.606. The van der Waals surface area contributed by atoms with E-state index in [2.05, 4.69) is 10.2 Å². The average molecular weight is 283 g/mol. The van der Waals surface area contributed by atoms with Crippen molar-refractivity contribution in [2.45, 2.75) is 56.5 Å². The van der Waals surface area contributed by atoms with Crippen LogP contribution in [0.3, 0.4) is 0 Å². The molecule has 1 amide bonds. The van der Waals surface area contributed by atoms with E-state index in [0.29, 0.717) is 6.04 Å². The molecule has 5 nitrogen and oxygen atoms in total. The molecule has 2 fully saturated rings. The van der Waals surface area contributed by atoms with Crippen LogP contribution in [0, 0.1) is 0 Å². The summed E-state index contributed by atoms with van der Waals surface area (Å²) < 4.78 is 5.10. The van der Waals surface area contributed by atoms with Crippen molar-refractivity contribution in [3.05, 3.63) is 0 Å². The molecule has 116 valence electrons. The van der Waals surface area contributed by atoms with Gasteiger partial charge in [0.25, 0.3) is 0 Å². The van der Waals surface area contributed by atoms with Crippen molar-refractivity contribution in [3.63, 3.8) is 0 Å². The second kappa shape index (κ2) is 7.38. The van der Waals surface area contributed by atoms with Gasteiger partial charge in [0.2, 0.25) is 5.91 Å². The standard InChI is InChI=1S/C15H29N3O2/c1-20-12-11-18-9-5-13(6-10-18)17-14(19)15(16)7-3-2-4-8-15/h13H,2-12,16H2,1H3,(H,17,19). The number of ether oxygens (including phenoxy) is 1. The van der Waals surface area contributed by atoms with E-state index in [1.807, 2.05) is 0 Å². The largest absolute Gasteiger partial charge is 0.383 e. The van der Waals surface area contributed by atoms with E-state index in [1.165, 1.54) is 6.42 Å². The fraction of sp³-hybridized carbons (Fsp3) is 0.933. The SMILES string of the molecule is COCCN1CCC(NC(=O)C2(N)CCCCC2)CC1. The van der Waals surface area contributed by atoms with Gasteiger partial charge in [-0.1, -0.05) is 19.3 Å². The molecule has 0 spiro atoms. The molecule has 0 aromatic heterocycles. The van der Waals surface area contributed by atoms with Crippen LogP contribution < -0.4 is 11.1 Å². The van der Waals surface area contributed by atoms with E-state index in [1.54, 1.807) is 7.11 Å². The normalized spacial score (nSPS) is 24.5. The first kappa shape index (κ1) is 15.7. The predicted molar refractivity (Wildman–Crippen MR) is 79.5 cm³/mol. The molecule has 1 heterocycles. The number of nitrogens with two attached hydrogens (primary N) is 1. The molecule has 2 aliphatic rings. The van der Waals surface area contributed by atoms with Gasteiger partial charge in [-0.3, -0.25) is 4.79 Å². The quantitative estimate of drug-likeness (QED) is 0.786. The van der Waals surface area contributed by atoms with Gasteiger partial charge in [0.05, 0.1) is 12.1 Å². The summed E-state index contributed by atoms with van der Waals surface area (Å²) in [4.78, 5) is 14.8. The van der Waals surface area contributed by atoms with E-state index in [0.717, 1.165) is 64.8 Å². The smallest absolute Gasteiger partial charge is 0.240 e. The number of hydrogen-bond acceptors (Lipinski definition) is 4. The Morgan fingerprint density at radius 1 is 1.30 bits per heavy atom. The third-order valence-corrected chi connectivity index (χ3v) is 4.73. The van der Waals surface area contributed by atoms with Crippen LogP contribution in [0.4, 0.5) is 0 Å². The first-order valence-electron chi connectivity index (χ1n) is 7.95. The molecule has 0 radical (unpaired) electrons. The van der Waals surface area contributed by atoms with Crippen molar-refractivity contribution >= 4 is 5.91 Å². The van der Waals surface area contributed by atoms with Gasteiger partial charge in [0.1, 0.15) is 0 Å². The van der Waals surface area contributed by atoms with E-state index in [-0.39, 0.29) is 5.91 Å². The molecule has 0 aromatic rings. The maximum atomic E-state index is 12.4. The average Bonchev–Trinajstić information content (AvgIpc) is 2.47. The van der Waals surface area contributed by atoms with Gasteiger partial charge in [-0.05, 0) is 25.7 Å². The van der Waals surface area contributed by atoms with Gasteiger partial charge in [-0.25, -0.2) is 0 Å². The van der Waals surface area contributed by atoms with Crippen LogP contribution in [-0.4, -0.2) is 55.7 Å². The number of nitrogens with one attached hydrogen (secondary N) is 1. The second-order valence-corrected chi connectivity index (χ2v) is 6.30. The van der Waals surface area contributed by atoms with Crippen molar-refractivity contribution in [2.75, 3.05) is 33.4 Å². The zero-order valence-corrected chi connectivity index (χ0v) is 12.7. The Labute approximate surface area is 122 Å². The molecule has 0 bridgehead atoms. The number of nitrogens with zero attached hydrogens (tertiary/aromatic N) is 1. The lowest BCUT2D eigenvalue weighted by atomic mass is 9.81.